The maximum absolute atomic E-state index is 11.1. The fraction of sp³-hybridized carbons (Fsp3) is 0.692. The van der Waals surface area contributed by atoms with Gasteiger partial charge in [-0.2, -0.15) is 5.10 Å². The lowest BCUT2D eigenvalue weighted by atomic mass is 9.83. The van der Waals surface area contributed by atoms with Gasteiger partial charge in [0.1, 0.15) is 6.54 Å². The van der Waals surface area contributed by atoms with Crippen LogP contribution in [0.4, 0.5) is 0 Å². The Balaban J connectivity index is 2.49. The quantitative estimate of drug-likeness (QED) is 0.831. The lowest BCUT2D eigenvalue weighted by molar-refractivity contribution is -0.118. The minimum atomic E-state index is -0.342. The third-order valence-corrected chi connectivity index (χ3v) is 3.64. The monoisotopic (exact) mass is 250 g/mol. The van der Waals surface area contributed by atoms with Crippen molar-refractivity contribution in [1.82, 2.24) is 9.78 Å². The van der Waals surface area contributed by atoms with Gasteiger partial charge in [0.15, 0.2) is 0 Å². The Morgan fingerprint density at radius 2 is 2.28 bits per heavy atom. The summed E-state index contributed by atoms with van der Waals surface area (Å²) in [6.07, 6.45) is 3.20. The molecule has 1 atom stereocenters. The highest BCUT2D eigenvalue weighted by molar-refractivity contribution is 5.73. The van der Waals surface area contributed by atoms with Crippen LogP contribution >= 0.6 is 0 Å². The van der Waals surface area contributed by atoms with Crippen LogP contribution in [0.2, 0.25) is 0 Å². The minimum Gasteiger partial charge on any atom is -0.368 e. The van der Waals surface area contributed by atoms with Crippen molar-refractivity contribution in [2.75, 3.05) is 6.54 Å². The van der Waals surface area contributed by atoms with Crippen molar-refractivity contribution in [3.63, 3.8) is 0 Å². The molecule has 0 bridgehead atoms. The second-order valence-electron chi connectivity index (χ2n) is 5.35. The number of aromatic nitrogens is 2. The van der Waals surface area contributed by atoms with Crippen LogP contribution in [0.15, 0.2) is 0 Å². The van der Waals surface area contributed by atoms with Crippen molar-refractivity contribution in [1.29, 1.82) is 0 Å². The molecule has 5 nitrogen and oxygen atoms in total. The molecule has 1 aromatic rings. The summed E-state index contributed by atoms with van der Waals surface area (Å²) in [6.45, 7) is 5.07. The first-order valence-corrected chi connectivity index (χ1v) is 6.62. The number of primary amides is 1. The highest BCUT2D eigenvalue weighted by Gasteiger charge is 2.28. The first kappa shape index (κ1) is 13.1. The van der Waals surface area contributed by atoms with E-state index in [0.717, 1.165) is 25.0 Å². The zero-order chi connectivity index (χ0) is 13.3. The summed E-state index contributed by atoms with van der Waals surface area (Å²) in [5.74, 6) is 0.387. The molecule has 0 saturated heterocycles. The largest absolute Gasteiger partial charge is 0.368 e. The molecule has 1 aromatic heterocycles. The van der Waals surface area contributed by atoms with Crippen LogP contribution in [0.3, 0.4) is 0 Å². The number of nitrogens with zero attached hydrogens (tertiary/aromatic N) is 2. The molecular formula is C13H22N4O. The summed E-state index contributed by atoms with van der Waals surface area (Å²) in [5, 5.41) is 4.59. The molecule has 0 spiro atoms. The Labute approximate surface area is 108 Å². The highest BCUT2D eigenvalue weighted by Crippen LogP contribution is 2.36. The number of fused-ring (bicyclic) bond motifs is 1. The van der Waals surface area contributed by atoms with E-state index in [-0.39, 0.29) is 12.5 Å². The van der Waals surface area contributed by atoms with Crippen molar-refractivity contribution in [2.45, 2.75) is 51.5 Å². The lowest BCUT2D eigenvalue weighted by Gasteiger charge is -2.23. The summed E-state index contributed by atoms with van der Waals surface area (Å²) in [7, 11) is 0. The topological polar surface area (TPSA) is 86.9 Å². The Hall–Kier alpha value is -1.36. The maximum atomic E-state index is 11.1. The number of nitrogens with two attached hydrogens (primary N) is 2. The molecule has 0 saturated carbocycles. The van der Waals surface area contributed by atoms with Gasteiger partial charge in [0.05, 0.1) is 5.69 Å². The molecule has 1 aliphatic rings. The van der Waals surface area contributed by atoms with E-state index in [1.807, 2.05) is 0 Å². The van der Waals surface area contributed by atoms with E-state index < -0.39 is 0 Å². The minimum absolute atomic E-state index is 0.173. The number of rotatable bonds is 4. The number of carbonyl (C=O) groups excluding carboxylic acids is 1. The van der Waals surface area contributed by atoms with Crippen LogP contribution in [0.1, 0.15) is 55.5 Å². The molecule has 100 valence electrons. The molecule has 1 amide bonds. The summed E-state index contributed by atoms with van der Waals surface area (Å²) < 4.78 is 1.79. The summed E-state index contributed by atoms with van der Waals surface area (Å²) in [5.41, 5.74) is 14.7. The second kappa shape index (κ2) is 5.10. The van der Waals surface area contributed by atoms with E-state index in [2.05, 4.69) is 18.9 Å². The molecule has 5 heteroatoms. The van der Waals surface area contributed by atoms with Gasteiger partial charge in [0.2, 0.25) is 5.91 Å². The number of amides is 1. The molecule has 18 heavy (non-hydrogen) atoms. The molecule has 0 aromatic carbocycles. The highest BCUT2D eigenvalue weighted by atomic mass is 16.1. The third kappa shape index (κ3) is 2.27. The van der Waals surface area contributed by atoms with E-state index in [4.69, 9.17) is 11.5 Å². The predicted molar refractivity (Wildman–Crippen MR) is 70.2 cm³/mol. The van der Waals surface area contributed by atoms with Crippen molar-refractivity contribution in [2.24, 2.45) is 11.5 Å². The van der Waals surface area contributed by atoms with E-state index in [1.54, 1.807) is 4.68 Å². The van der Waals surface area contributed by atoms with Crippen LogP contribution in [0.25, 0.3) is 0 Å². The standard InChI is InChI=1S/C13H22N4O/c1-8(2)13-12-9(6-14)4-3-5-10(12)17(16-13)7-11(15)18/h8-9H,3-7,14H2,1-2H3,(H2,15,18). The van der Waals surface area contributed by atoms with Crippen LogP contribution in [-0.4, -0.2) is 22.2 Å². The summed E-state index contributed by atoms with van der Waals surface area (Å²) >= 11 is 0. The van der Waals surface area contributed by atoms with E-state index in [0.29, 0.717) is 18.4 Å². The van der Waals surface area contributed by atoms with Gasteiger partial charge in [-0.1, -0.05) is 13.8 Å². The lowest BCUT2D eigenvalue weighted by Crippen LogP contribution is -2.23. The Morgan fingerprint density at radius 3 is 2.83 bits per heavy atom. The summed E-state index contributed by atoms with van der Waals surface area (Å²) in [4.78, 5) is 11.1. The number of hydrogen-bond donors (Lipinski definition) is 2. The molecule has 2 rings (SSSR count). The molecule has 0 aliphatic heterocycles. The van der Waals surface area contributed by atoms with Gasteiger partial charge in [0, 0.05) is 11.3 Å². The van der Waals surface area contributed by atoms with Crippen LogP contribution in [-0.2, 0) is 17.8 Å². The van der Waals surface area contributed by atoms with Crippen molar-refractivity contribution in [3.05, 3.63) is 17.0 Å². The molecule has 1 heterocycles. The maximum Gasteiger partial charge on any atom is 0.239 e. The number of hydrogen-bond acceptors (Lipinski definition) is 3. The zero-order valence-electron chi connectivity index (χ0n) is 11.1. The van der Waals surface area contributed by atoms with Gasteiger partial charge in [-0.05, 0) is 37.6 Å². The van der Waals surface area contributed by atoms with E-state index in [1.165, 1.54) is 11.3 Å². The van der Waals surface area contributed by atoms with Crippen LogP contribution < -0.4 is 11.5 Å². The average Bonchev–Trinajstić information content (AvgIpc) is 2.67. The van der Waals surface area contributed by atoms with Crippen molar-refractivity contribution < 1.29 is 4.79 Å². The summed E-state index contributed by atoms with van der Waals surface area (Å²) in [6, 6.07) is 0. The number of carbonyl (C=O) groups is 1. The smallest absolute Gasteiger partial charge is 0.239 e. The Bertz CT molecular complexity index is 450. The first-order valence-electron chi connectivity index (χ1n) is 6.62. The van der Waals surface area contributed by atoms with Gasteiger partial charge in [0.25, 0.3) is 0 Å². The normalized spacial score (nSPS) is 19.0. The fourth-order valence-corrected chi connectivity index (χ4v) is 2.84. The zero-order valence-corrected chi connectivity index (χ0v) is 11.1. The van der Waals surface area contributed by atoms with Crippen LogP contribution in [0, 0.1) is 0 Å². The van der Waals surface area contributed by atoms with Crippen molar-refractivity contribution >= 4 is 5.91 Å². The molecule has 1 aliphatic carbocycles. The predicted octanol–water partition coefficient (Wildman–Crippen LogP) is 0.870. The molecule has 0 fully saturated rings. The molecule has 0 radical (unpaired) electrons. The molecule has 4 N–H and O–H groups in total. The van der Waals surface area contributed by atoms with Crippen molar-refractivity contribution in [3.8, 4) is 0 Å². The first-order chi connectivity index (χ1) is 8.54. The fourth-order valence-electron chi connectivity index (χ4n) is 2.84. The molecular weight excluding hydrogens is 228 g/mol. The van der Waals surface area contributed by atoms with Gasteiger partial charge in [-0.15, -0.1) is 0 Å². The SMILES string of the molecule is CC(C)c1nn(CC(N)=O)c2c1C(CN)CCC2. The van der Waals surface area contributed by atoms with Gasteiger partial charge < -0.3 is 11.5 Å². The second-order valence-corrected chi connectivity index (χ2v) is 5.35. The van der Waals surface area contributed by atoms with Gasteiger partial charge in [-0.25, -0.2) is 0 Å². The Kier molecular flexibility index (Phi) is 3.71. The van der Waals surface area contributed by atoms with Crippen LogP contribution in [0.5, 0.6) is 0 Å². The third-order valence-electron chi connectivity index (χ3n) is 3.64. The van der Waals surface area contributed by atoms with E-state index >= 15 is 0 Å². The molecule has 1 unspecified atom stereocenters. The average molecular weight is 250 g/mol. The van der Waals surface area contributed by atoms with E-state index in [9.17, 15) is 4.79 Å². The Morgan fingerprint density at radius 1 is 1.56 bits per heavy atom. The van der Waals surface area contributed by atoms with Gasteiger partial charge in [-0.3, -0.25) is 9.48 Å². The van der Waals surface area contributed by atoms with Gasteiger partial charge >= 0.3 is 0 Å².